The minimum Gasteiger partial charge on any atom is -0.392 e. The molecule has 0 aromatic heterocycles. The Hall–Kier alpha value is -1.46. The molecule has 1 heterocycles. The first kappa shape index (κ1) is 23.7. The summed E-state index contributed by atoms with van der Waals surface area (Å²) < 4.78 is 5.93. The van der Waals surface area contributed by atoms with Gasteiger partial charge in [0, 0.05) is 18.9 Å². The predicted octanol–water partition coefficient (Wildman–Crippen LogP) is 4.29. The molecule has 0 unspecified atom stereocenters. The highest BCUT2D eigenvalue weighted by atomic mass is 16.5. The van der Waals surface area contributed by atoms with Gasteiger partial charge < -0.3 is 19.8 Å². The molecule has 4 rings (SSSR count). The van der Waals surface area contributed by atoms with Gasteiger partial charge in [-0.05, 0) is 69.5 Å². The lowest BCUT2D eigenvalue weighted by atomic mass is 9.88. The van der Waals surface area contributed by atoms with Crippen LogP contribution in [0.15, 0.2) is 48.1 Å². The van der Waals surface area contributed by atoms with Crippen molar-refractivity contribution in [2.45, 2.75) is 64.1 Å². The highest BCUT2D eigenvalue weighted by molar-refractivity contribution is 5.24. The van der Waals surface area contributed by atoms with E-state index in [1.165, 1.54) is 43.5 Å². The topological polar surface area (TPSA) is 52.9 Å². The third-order valence-electron chi connectivity index (χ3n) is 7.60. The molecule has 2 aliphatic carbocycles. The molecular weight excluding hydrogens is 398 g/mol. The van der Waals surface area contributed by atoms with Crippen LogP contribution in [0.4, 0.5) is 0 Å². The van der Waals surface area contributed by atoms with Crippen molar-refractivity contribution in [3.8, 4) is 0 Å². The van der Waals surface area contributed by atoms with Crippen molar-refractivity contribution in [2.75, 3.05) is 32.8 Å². The Kier molecular flexibility index (Phi) is 8.59. The summed E-state index contributed by atoms with van der Waals surface area (Å²) in [7, 11) is 0. The van der Waals surface area contributed by atoms with E-state index < -0.39 is 6.10 Å². The van der Waals surface area contributed by atoms with Crippen molar-refractivity contribution in [2.24, 2.45) is 17.8 Å². The Bertz CT molecular complexity index is 783. The minimum absolute atomic E-state index is 0.140. The van der Waals surface area contributed by atoms with E-state index in [-0.39, 0.29) is 12.0 Å². The molecule has 176 valence electrons. The van der Waals surface area contributed by atoms with Crippen LogP contribution in [0.5, 0.6) is 0 Å². The quantitative estimate of drug-likeness (QED) is 0.422. The highest BCUT2D eigenvalue weighted by Gasteiger charge is 2.43. The lowest BCUT2D eigenvalue weighted by Gasteiger charge is -2.26. The fraction of sp³-hybridized carbons (Fsp3) is 0.643. The van der Waals surface area contributed by atoms with Crippen LogP contribution in [0.3, 0.4) is 0 Å². The first-order valence-electron chi connectivity index (χ1n) is 12.7. The van der Waals surface area contributed by atoms with Crippen LogP contribution in [-0.2, 0) is 11.2 Å². The number of fused-ring (bicyclic) bond motifs is 1. The zero-order chi connectivity index (χ0) is 22.3. The second kappa shape index (κ2) is 11.6. The van der Waals surface area contributed by atoms with Crippen molar-refractivity contribution in [1.82, 2.24) is 4.90 Å². The van der Waals surface area contributed by atoms with Crippen LogP contribution >= 0.6 is 0 Å². The van der Waals surface area contributed by atoms with Crippen LogP contribution in [0, 0.1) is 24.7 Å². The average Bonchev–Trinajstić information content (AvgIpc) is 3.29. The lowest BCUT2D eigenvalue weighted by molar-refractivity contribution is 0.0978. The molecule has 4 heteroatoms. The Morgan fingerprint density at radius 2 is 2.03 bits per heavy atom. The van der Waals surface area contributed by atoms with Crippen LogP contribution in [-0.4, -0.2) is 60.2 Å². The summed E-state index contributed by atoms with van der Waals surface area (Å²) in [6, 6.07) is 8.30. The number of aliphatic hydroxyl groups is 2. The third kappa shape index (κ3) is 6.54. The zero-order valence-electron chi connectivity index (χ0n) is 19.7. The van der Waals surface area contributed by atoms with Gasteiger partial charge in [0.1, 0.15) is 0 Å². The zero-order valence-corrected chi connectivity index (χ0v) is 19.7. The maximum Gasteiger partial charge on any atom is 0.0761 e. The lowest BCUT2D eigenvalue weighted by Crippen LogP contribution is -2.32. The number of piperidine rings is 1. The van der Waals surface area contributed by atoms with Crippen molar-refractivity contribution in [1.29, 1.82) is 0 Å². The molecule has 0 amide bonds. The van der Waals surface area contributed by atoms with E-state index in [2.05, 4.69) is 42.2 Å². The molecule has 0 bridgehead atoms. The third-order valence-corrected chi connectivity index (χ3v) is 7.60. The molecule has 3 aliphatic rings. The smallest absolute Gasteiger partial charge is 0.0761 e. The van der Waals surface area contributed by atoms with Gasteiger partial charge in [0.2, 0.25) is 0 Å². The van der Waals surface area contributed by atoms with Crippen LogP contribution in [0.25, 0.3) is 0 Å². The SMILES string of the molecule is Cc1cccc(C[C@@H](O)C=C[C@@H]2[C@H]3CC(CCOCCN4CCCCC4)=C[C@H]3C[C@H]2O)c1. The number of benzene rings is 1. The Morgan fingerprint density at radius 1 is 1.19 bits per heavy atom. The molecule has 2 N–H and O–H groups in total. The largest absolute Gasteiger partial charge is 0.392 e. The van der Waals surface area contributed by atoms with E-state index in [0.717, 1.165) is 44.6 Å². The summed E-state index contributed by atoms with van der Waals surface area (Å²) >= 11 is 0. The van der Waals surface area contributed by atoms with Crippen LogP contribution in [0.1, 0.15) is 49.7 Å². The summed E-state index contributed by atoms with van der Waals surface area (Å²) in [4.78, 5) is 2.52. The maximum atomic E-state index is 10.6. The number of aryl methyl sites for hydroxylation is 1. The molecule has 2 fully saturated rings. The van der Waals surface area contributed by atoms with E-state index in [1.54, 1.807) is 0 Å². The van der Waals surface area contributed by atoms with Crippen molar-refractivity contribution in [3.05, 3.63) is 59.2 Å². The van der Waals surface area contributed by atoms with Crippen molar-refractivity contribution < 1.29 is 14.9 Å². The van der Waals surface area contributed by atoms with E-state index in [0.29, 0.717) is 18.3 Å². The second-order valence-electron chi connectivity index (χ2n) is 10.1. The number of allylic oxidation sites excluding steroid dienone is 1. The molecule has 1 aliphatic heterocycles. The Morgan fingerprint density at radius 3 is 2.84 bits per heavy atom. The first-order valence-corrected chi connectivity index (χ1v) is 12.7. The predicted molar refractivity (Wildman–Crippen MR) is 130 cm³/mol. The standard InChI is InChI=1S/C28H41NO3/c1-21-6-5-7-22(16-21)18-25(30)8-9-26-27-19-23(17-24(27)20-28(26)31)10-14-32-15-13-29-11-3-2-4-12-29/h5-9,16-17,24-28,30-31H,2-4,10-15,18-20H2,1H3/t24-,25-,26+,27-,28+/m0/s1. The number of ether oxygens (including phenoxy) is 1. The van der Waals surface area contributed by atoms with Gasteiger partial charge >= 0.3 is 0 Å². The van der Waals surface area contributed by atoms with E-state index in [4.69, 9.17) is 4.74 Å². The number of hydrogen-bond donors (Lipinski definition) is 2. The summed E-state index contributed by atoms with van der Waals surface area (Å²) in [6.07, 6.45) is 13.2. The van der Waals surface area contributed by atoms with Gasteiger partial charge in [-0.3, -0.25) is 0 Å². The van der Waals surface area contributed by atoms with Crippen molar-refractivity contribution in [3.63, 3.8) is 0 Å². The minimum atomic E-state index is -0.509. The second-order valence-corrected chi connectivity index (χ2v) is 10.1. The van der Waals surface area contributed by atoms with Gasteiger partial charge in [-0.15, -0.1) is 0 Å². The number of likely N-dealkylation sites (tertiary alicyclic amines) is 1. The maximum absolute atomic E-state index is 10.6. The van der Waals surface area contributed by atoms with Crippen LogP contribution < -0.4 is 0 Å². The summed E-state index contributed by atoms with van der Waals surface area (Å²) in [5.74, 6) is 1.08. The van der Waals surface area contributed by atoms with Gasteiger partial charge in [-0.1, -0.05) is 60.1 Å². The monoisotopic (exact) mass is 439 g/mol. The molecule has 0 radical (unpaired) electrons. The van der Waals surface area contributed by atoms with Gasteiger partial charge in [0.05, 0.1) is 25.4 Å². The van der Waals surface area contributed by atoms with E-state index in [1.807, 2.05) is 12.1 Å². The first-order chi connectivity index (χ1) is 15.6. The van der Waals surface area contributed by atoms with Gasteiger partial charge in [-0.25, -0.2) is 0 Å². The van der Waals surface area contributed by atoms with Crippen molar-refractivity contribution >= 4 is 0 Å². The molecule has 1 saturated heterocycles. The molecule has 0 spiro atoms. The van der Waals surface area contributed by atoms with E-state index in [9.17, 15) is 10.2 Å². The summed E-state index contributed by atoms with van der Waals surface area (Å²) in [5, 5.41) is 21.1. The molecule has 1 aromatic carbocycles. The summed E-state index contributed by atoms with van der Waals surface area (Å²) in [6.45, 7) is 7.24. The Balaban J connectivity index is 1.19. The molecule has 4 nitrogen and oxygen atoms in total. The molecule has 5 atom stereocenters. The highest BCUT2D eigenvalue weighted by Crippen LogP contribution is 2.47. The van der Waals surface area contributed by atoms with E-state index >= 15 is 0 Å². The van der Waals surface area contributed by atoms with Gasteiger partial charge in [0.25, 0.3) is 0 Å². The summed E-state index contributed by atoms with van der Waals surface area (Å²) in [5.41, 5.74) is 3.86. The number of aliphatic hydroxyl groups excluding tert-OH is 2. The van der Waals surface area contributed by atoms with Crippen LogP contribution in [0.2, 0.25) is 0 Å². The number of nitrogens with zero attached hydrogens (tertiary/aromatic N) is 1. The molecule has 32 heavy (non-hydrogen) atoms. The van der Waals surface area contributed by atoms with Gasteiger partial charge in [0.15, 0.2) is 0 Å². The molecular formula is C28H41NO3. The Labute approximate surface area is 194 Å². The number of rotatable bonds is 10. The molecule has 1 aromatic rings. The fourth-order valence-corrected chi connectivity index (χ4v) is 5.88. The average molecular weight is 440 g/mol. The van der Waals surface area contributed by atoms with Gasteiger partial charge in [-0.2, -0.15) is 0 Å². The number of hydrogen-bond acceptors (Lipinski definition) is 4. The fourth-order valence-electron chi connectivity index (χ4n) is 5.88. The molecule has 1 saturated carbocycles. The normalized spacial score (nSPS) is 29.4.